The first kappa shape index (κ1) is 20.3. The topological polar surface area (TPSA) is 57.1 Å². The second-order valence-electron chi connectivity index (χ2n) is 6.61. The van der Waals surface area contributed by atoms with Crippen LogP contribution < -0.4 is 9.47 Å². The Balaban J connectivity index is 1.56. The molecule has 31 heavy (non-hydrogen) atoms. The predicted octanol–water partition coefficient (Wildman–Crippen LogP) is 4.90. The maximum Gasteiger partial charge on any atom is 0.363 e. The average Bonchev–Trinajstić information content (AvgIpc) is 3.13. The van der Waals surface area contributed by atoms with Crippen LogP contribution in [0.15, 0.2) is 77.4 Å². The lowest BCUT2D eigenvalue weighted by Gasteiger charge is -2.12. The van der Waals surface area contributed by atoms with Crippen molar-refractivity contribution in [2.75, 3.05) is 7.11 Å². The molecule has 0 N–H and O–H groups in total. The maximum atomic E-state index is 13.9. The lowest BCUT2D eigenvalue weighted by atomic mass is 10.1. The predicted molar refractivity (Wildman–Crippen MR) is 111 cm³/mol. The zero-order valence-electron chi connectivity index (χ0n) is 16.5. The molecule has 0 saturated carbocycles. The molecular formula is C24H17F2NO4. The summed E-state index contributed by atoms with van der Waals surface area (Å²) in [6.45, 7) is 0.0338. The minimum atomic E-state index is -0.683. The molecule has 5 nitrogen and oxygen atoms in total. The van der Waals surface area contributed by atoms with Crippen LogP contribution in [0.4, 0.5) is 8.78 Å². The lowest BCUT2D eigenvalue weighted by molar-refractivity contribution is -0.129. The summed E-state index contributed by atoms with van der Waals surface area (Å²) in [5.41, 5.74) is 1.15. The van der Waals surface area contributed by atoms with E-state index in [9.17, 15) is 13.6 Å². The fourth-order valence-corrected chi connectivity index (χ4v) is 2.98. The fraction of sp³-hybridized carbons (Fsp3) is 0.0833. The SMILES string of the molecule is COc1cc(C=C2N=C(c3ccccc3F)OC2=O)ccc1OCc1ccccc1F. The van der Waals surface area contributed by atoms with Gasteiger partial charge in [0.25, 0.3) is 0 Å². The zero-order valence-corrected chi connectivity index (χ0v) is 16.5. The van der Waals surface area contributed by atoms with Crippen molar-refractivity contribution in [2.45, 2.75) is 6.61 Å². The number of esters is 1. The maximum absolute atomic E-state index is 13.9. The number of aliphatic imine (C=N–C) groups is 1. The van der Waals surface area contributed by atoms with E-state index in [2.05, 4.69) is 4.99 Å². The summed E-state index contributed by atoms with van der Waals surface area (Å²) in [7, 11) is 1.47. The molecule has 3 aromatic carbocycles. The monoisotopic (exact) mass is 421 g/mol. The van der Waals surface area contributed by atoms with Crippen LogP contribution in [0.2, 0.25) is 0 Å². The average molecular weight is 421 g/mol. The van der Waals surface area contributed by atoms with Gasteiger partial charge in [-0.2, -0.15) is 0 Å². The quantitative estimate of drug-likeness (QED) is 0.420. The molecule has 156 valence electrons. The Morgan fingerprint density at radius 3 is 2.45 bits per heavy atom. The van der Waals surface area contributed by atoms with E-state index in [-0.39, 0.29) is 29.6 Å². The van der Waals surface area contributed by atoms with Gasteiger partial charge in [0.15, 0.2) is 17.2 Å². The first-order chi connectivity index (χ1) is 15.0. The van der Waals surface area contributed by atoms with Gasteiger partial charge >= 0.3 is 5.97 Å². The van der Waals surface area contributed by atoms with Crippen LogP contribution in [0.5, 0.6) is 11.5 Å². The Bertz CT molecular complexity index is 1200. The van der Waals surface area contributed by atoms with E-state index in [1.807, 2.05) is 0 Å². The molecule has 0 aliphatic carbocycles. The number of methoxy groups -OCH3 is 1. The highest BCUT2D eigenvalue weighted by atomic mass is 19.1. The normalized spacial score (nSPS) is 14.4. The Kier molecular flexibility index (Phi) is 5.75. The minimum Gasteiger partial charge on any atom is -0.493 e. The van der Waals surface area contributed by atoms with Gasteiger partial charge < -0.3 is 14.2 Å². The van der Waals surface area contributed by atoms with Crippen molar-refractivity contribution < 1.29 is 27.8 Å². The number of nitrogens with zero attached hydrogens (tertiary/aromatic N) is 1. The van der Waals surface area contributed by atoms with Gasteiger partial charge in [-0.05, 0) is 42.0 Å². The summed E-state index contributed by atoms with van der Waals surface area (Å²) >= 11 is 0. The van der Waals surface area contributed by atoms with E-state index in [0.29, 0.717) is 22.6 Å². The number of benzene rings is 3. The Morgan fingerprint density at radius 1 is 0.968 bits per heavy atom. The lowest BCUT2D eigenvalue weighted by Crippen LogP contribution is -2.07. The van der Waals surface area contributed by atoms with Gasteiger partial charge in [0.1, 0.15) is 18.2 Å². The number of carbonyl (C=O) groups is 1. The van der Waals surface area contributed by atoms with E-state index in [4.69, 9.17) is 14.2 Å². The second-order valence-corrected chi connectivity index (χ2v) is 6.61. The van der Waals surface area contributed by atoms with Crippen LogP contribution >= 0.6 is 0 Å². The van der Waals surface area contributed by atoms with Gasteiger partial charge in [-0.25, -0.2) is 18.6 Å². The molecule has 0 fully saturated rings. The fourth-order valence-electron chi connectivity index (χ4n) is 2.98. The summed E-state index contributed by atoms with van der Waals surface area (Å²) in [4.78, 5) is 16.3. The third-order valence-corrected chi connectivity index (χ3v) is 4.56. The minimum absolute atomic E-state index is 0.0281. The summed E-state index contributed by atoms with van der Waals surface area (Å²) in [6.07, 6.45) is 1.50. The van der Waals surface area contributed by atoms with E-state index >= 15 is 0 Å². The molecule has 3 aromatic rings. The number of carbonyl (C=O) groups excluding carboxylic acids is 1. The summed E-state index contributed by atoms with van der Waals surface area (Å²) in [5, 5.41) is 0. The molecule has 7 heteroatoms. The van der Waals surface area contributed by atoms with Crippen molar-refractivity contribution in [3.63, 3.8) is 0 Å². The standard InChI is InChI=1S/C24H17F2NO4/c1-29-22-13-15(10-11-21(22)30-14-16-6-2-4-8-18(16)25)12-20-24(28)31-23(27-20)17-7-3-5-9-19(17)26/h2-13H,14H2,1H3. The number of hydrogen-bond acceptors (Lipinski definition) is 5. The molecule has 0 atom stereocenters. The molecule has 0 bridgehead atoms. The third-order valence-electron chi connectivity index (χ3n) is 4.56. The number of ether oxygens (including phenoxy) is 3. The van der Waals surface area contributed by atoms with E-state index in [1.54, 1.807) is 42.5 Å². The summed E-state index contributed by atoms with van der Waals surface area (Å²) < 4.78 is 43.9. The van der Waals surface area contributed by atoms with Gasteiger partial charge in [-0.1, -0.05) is 36.4 Å². The zero-order chi connectivity index (χ0) is 21.8. The van der Waals surface area contributed by atoms with Crippen molar-refractivity contribution >= 4 is 17.9 Å². The van der Waals surface area contributed by atoms with Crippen LogP contribution in [-0.2, 0) is 16.1 Å². The first-order valence-corrected chi connectivity index (χ1v) is 9.37. The second kappa shape index (κ2) is 8.79. The number of rotatable bonds is 6. The van der Waals surface area contributed by atoms with Crippen molar-refractivity contribution in [1.82, 2.24) is 0 Å². The largest absolute Gasteiger partial charge is 0.493 e. The molecule has 0 amide bonds. The number of hydrogen-bond donors (Lipinski definition) is 0. The van der Waals surface area contributed by atoms with Crippen LogP contribution in [-0.4, -0.2) is 19.0 Å². The Hall–Kier alpha value is -4.00. The highest BCUT2D eigenvalue weighted by Gasteiger charge is 2.26. The van der Waals surface area contributed by atoms with Crippen LogP contribution in [0, 0.1) is 11.6 Å². The molecule has 1 heterocycles. The van der Waals surface area contributed by atoms with Crippen LogP contribution in [0.3, 0.4) is 0 Å². The van der Waals surface area contributed by atoms with Crippen molar-refractivity contribution in [2.24, 2.45) is 4.99 Å². The van der Waals surface area contributed by atoms with Crippen molar-refractivity contribution in [1.29, 1.82) is 0 Å². The number of halogens is 2. The Labute approximate surface area is 177 Å². The molecule has 0 aromatic heterocycles. The molecule has 0 spiro atoms. The Morgan fingerprint density at radius 2 is 1.71 bits per heavy atom. The highest BCUT2D eigenvalue weighted by molar-refractivity contribution is 6.12. The molecule has 1 aliphatic heterocycles. The van der Waals surface area contributed by atoms with E-state index < -0.39 is 11.8 Å². The highest BCUT2D eigenvalue weighted by Crippen LogP contribution is 2.30. The van der Waals surface area contributed by atoms with Crippen molar-refractivity contribution in [3.8, 4) is 11.5 Å². The molecule has 0 radical (unpaired) electrons. The van der Waals surface area contributed by atoms with Gasteiger partial charge in [-0.15, -0.1) is 0 Å². The molecule has 0 saturated heterocycles. The van der Waals surface area contributed by atoms with Crippen molar-refractivity contribution in [3.05, 3.63) is 101 Å². The van der Waals surface area contributed by atoms with Gasteiger partial charge in [0.05, 0.1) is 12.7 Å². The van der Waals surface area contributed by atoms with Crippen LogP contribution in [0.1, 0.15) is 16.7 Å². The van der Waals surface area contributed by atoms with Gasteiger partial charge in [0.2, 0.25) is 5.90 Å². The van der Waals surface area contributed by atoms with E-state index in [0.717, 1.165) is 0 Å². The summed E-state index contributed by atoms with van der Waals surface area (Å²) in [6, 6.07) is 17.2. The molecule has 0 unspecified atom stereocenters. The van der Waals surface area contributed by atoms with Gasteiger partial charge in [0, 0.05) is 5.56 Å². The molecule has 4 rings (SSSR count). The molecular weight excluding hydrogens is 404 g/mol. The smallest absolute Gasteiger partial charge is 0.363 e. The van der Waals surface area contributed by atoms with Crippen LogP contribution in [0.25, 0.3) is 6.08 Å². The third kappa shape index (κ3) is 4.45. The summed E-state index contributed by atoms with van der Waals surface area (Å²) in [5.74, 6) is -0.851. The van der Waals surface area contributed by atoms with E-state index in [1.165, 1.54) is 37.5 Å². The van der Waals surface area contributed by atoms with Gasteiger partial charge in [-0.3, -0.25) is 0 Å². The number of cyclic esters (lactones) is 1. The first-order valence-electron chi connectivity index (χ1n) is 9.37. The molecule has 1 aliphatic rings.